The van der Waals surface area contributed by atoms with E-state index in [4.69, 9.17) is 42.6 Å². The van der Waals surface area contributed by atoms with Crippen LogP contribution < -0.4 is 10.7 Å². The van der Waals surface area contributed by atoms with E-state index in [-0.39, 0.29) is 42.8 Å². The summed E-state index contributed by atoms with van der Waals surface area (Å²) >= 11 is 1.60. The minimum absolute atomic E-state index is 0.150. The molecule has 1 unspecified atom stereocenters. The number of amides is 1. The Kier molecular flexibility index (Phi) is 21.5. The number of carbonyl (C=O) groups is 4. The smallest absolute Gasteiger partial charge is 0.408 e. The molecule has 3 N–H and O–H groups in total. The number of pyridine rings is 1. The number of Topliss-reactive ketones (excluding diaryl/α,β-unsaturated/α-hetero) is 1. The predicted octanol–water partition coefficient (Wildman–Crippen LogP) is 6.37. The van der Waals surface area contributed by atoms with Crippen molar-refractivity contribution in [3.05, 3.63) is 40.2 Å². The third kappa shape index (κ3) is 13.8. The molecule has 440 valence electrons. The van der Waals surface area contributed by atoms with Crippen LogP contribution in [0.4, 0.5) is 4.79 Å². The second-order valence-corrected chi connectivity index (χ2v) is 24.3. The molecule has 4 fully saturated rings. The van der Waals surface area contributed by atoms with Crippen LogP contribution in [-0.2, 0) is 58.8 Å². The van der Waals surface area contributed by atoms with Crippen LogP contribution in [0.3, 0.4) is 0 Å². The first-order valence-corrected chi connectivity index (χ1v) is 28.8. The number of nitrogens with zero attached hydrogens (tertiary/aromatic N) is 3. The van der Waals surface area contributed by atoms with Gasteiger partial charge < -0.3 is 72.5 Å². The number of carboxylic acids is 1. The van der Waals surface area contributed by atoms with Crippen molar-refractivity contribution in [3.63, 3.8) is 0 Å². The number of hydrogen-bond acceptors (Lipinski definition) is 18. The quantitative estimate of drug-likeness (QED) is 0.0788. The molecule has 0 bridgehead atoms. The number of carboxylic acid groups (broad SMARTS) is 1. The molecule has 5 heterocycles. The van der Waals surface area contributed by atoms with E-state index < -0.39 is 119 Å². The predicted molar refractivity (Wildman–Crippen MR) is 294 cm³/mol. The number of ketones is 1. The van der Waals surface area contributed by atoms with E-state index in [0.717, 1.165) is 23.7 Å². The molecular formula is C57H90N4O16S. The summed E-state index contributed by atoms with van der Waals surface area (Å²) in [5.41, 5.74) is -3.60. The normalized spacial score (nSPS) is 37.2. The molecular weight excluding hydrogens is 1030 g/mol. The van der Waals surface area contributed by atoms with Crippen LogP contribution in [0.5, 0.6) is 0 Å². The molecule has 4 aliphatic rings. The van der Waals surface area contributed by atoms with Crippen LogP contribution in [0.25, 0.3) is 10.9 Å². The van der Waals surface area contributed by atoms with Crippen molar-refractivity contribution in [2.75, 3.05) is 60.8 Å². The molecule has 1 amide bonds. The van der Waals surface area contributed by atoms with Gasteiger partial charge in [0.1, 0.15) is 29.7 Å². The Bertz CT molecular complexity index is 2460. The Morgan fingerprint density at radius 1 is 0.910 bits per heavy atom. The van der Waals surface area contributed by atoms with Crippen molar-refractivity contribution >= 4 is 46.5 Å². The first-order chi connectivity index (χ1) is 36.7. The van der Waals surface area contributed by atoms with Gasteiger partial charge in [0, 0.05) is 92.9 Å². The number of aryl methyl sites for hydroxylation is 1. The van der Waals surface area contributed by atoms with Crippen LogP contribution in [0.2, 0.25) is 0 Å². The highest BCUT2D eigenvalue weighted by Gasteiger charge is 2.58. The molecule has 0 spiro atoms. The molecule has 6 rings (SSSR count). The average molecular weight is 1120 g/mol. The van der Waals surface area contributed by atoms with Crippen LogP contribution in [0, 0.1) is 23.7 Å². The van der Waals surface area contributed by atoms with E-state index >= 15 is 0 Å². The van der Waals surface area contributed by atoms with Crippen LogP contribution in [0.1, 0.15) is 119 Å². The first kappa shape index (κ1) is 63.4. The fraction of sp³-hybridized carbons (Fsp3) is 0.772. The van der Waals surface area contributed by atoms with Gasteiger partial charge in [-0.05, 0) is 113 Å². The maximum absolute atomic E-state index is 14.8. The summed E-state index contributed by atoms with van der Waals surface area (Å²) in [6, 6.07) is 4.48. The number of rotatable bonds is 19. The molecule has 4 saturated heterocycles. The number of alkyl carbamates (subject to hydrolysis) is 1. The van der Waals surface area contributed by atoms with Crippen LogP contribution >= 0.6 is 11.8 Å². The minimum Gasteiger partial charge on any atom is -0.477 e. The average Bonchev–Trinajstić information content (AvgIpc) is 3.79. The summed E-state index contributed by atoms with van der Waals surface area (Å²) in [6.07, 6.45) is -4.79. The van der Waals surface area contributed by atoms with Crippen molar-refractivity contribution in [3.8, 4) is 0 Å². The first-order valence-electron chi connectivity index (χ1n) is 27.8. The number of esters is 1. The Morgan fingerprint density at radius 3 is 2.22 bits per heavy atom. The Hall–Kier alpha value is -3.74. The zero-order chi connectivity index (χ0) is 57.8. The third-order valence-corrected chi connectivity index (χ3v) is 18.2. The summed E-state index contributed by atoms with van der Waals surface area (Å²) in [5, 5.41) is 24.7. The van der Waals surface area contributed by atoms with Gasteiger partial charge in [-0.15, -0.1) is 11.8 Å². The van der Waals surface area contributed by atoms with Gasteiger partial charge in [0.05, 0.1) is 53.1 Å². The lowest BCUT2D eigenvalue weighted by Gasteiger charge is -2.50. The topological polar surface area (TPSA) is 232 Å². The molecule has 1 aromatic carbocycles. The van der Waals surface area contributed by atoms with Crippen molar-refractivity contribution in [2.24, 2.45) is 23.7 Å². The van der Waals surface area contributed by atoms with Gasteiger partial charge in [-0.25, -0.2) is 9.59 Å². The van der Waals surface area contributed by atoms with Gasteiger partial charge in [0.25, 0.3) is 0 Å². The standard InChI is InChI=1S/C57H90N4O16S/c1-17-42-57(11)48(58-54(68)77-57)33(5)44(62)31(3)28-55(9,69-15)49(76-53-46(64)41(59(12)13)26-32(4)72-53)34(6)47(35(7)52(67)74-42)75-43-29-56(10,70-16)50(36(8)73-43)71-24-19-22-60(14)23-25-78-37-20-21-40-38(27-37)45(63)39(51(65)66)30-61(40)18-2/h20-21,27,30-36,41-43,46-50,53,64H,17-19,22-26,28-29H2,1-16H3,(H,58,68)(H,65,66)/t31-,32-,33?,34+,35-,36+,41+,42-,43+,46-,47+,48-,49-,50+,53+,55-,56-,57-/m1/s1. The number of ether oxygens (including phenoxy) is 9. The summed E-state index contributed by atoms with van der Waals surface area (Å²) in [6.45, 7) is 22.7. The largest absolute Gasteiger partial charge is 0.477 e. The SMILES string of the molecule is CC[C@H]1OC(=O)[C@H](C)[C@@H](O[C@H]2C[C@@](C)(OC)[C@@H](OCCCN(C)CCSc3ccc4c(c3)c(=O)c(C(=O)O)cn4CC)[C@H](C)O2)[C@H](C)[C@@H](O[C@@H]2O[C@H](C)C[C@H](N(C)C)[C@H]2O)[C@](C)(OC)C[C@@H](C)C(=O)C(C)[C@H]2NC(=O)O[C@@]21C. The zero-order valence-electron chi connectivity index (χ0n) is 48.9. The van der Waals surface area contributed by atoms with Gasteiger partial charge in [-0.3, -0.25) is 14.4 Å². The number of carbonyl (C=O) groups excluding carboxylic acids is 3. The Labute approximate surface area is 465 Å². The van der Waals surface area contributed by atoms with E-state index in [9.17, 15) is 34.2 Å². The number of benzene rings is 1. The Balaban J connectivity index is 1.20. The number of nitrogens with one attached hydrogen (secondary N) is 1. The highest BCUT2D eigenvalue weighted by Crippen LogP contribution is 2.43. The van der Waals surface area contributed by atoms with Gasteiger partial charge in [-0.2, -0.15) is 0 Å². The number of aliphatic hydroxyl groups excluding tert-OH is 1. The number of fused-ring (bicyclic) bond motifs is 2. The fourth-order valence-electron chi connectivity index (χ4n) is 12.5. The summed E-state index contributed by atoms with van der Waals surface area (Å²) in [5.74, 6) is -4.40. The van der Waals surface area contributed by atoms with E-state index in [1.54, 1.807) is 57.4 Å². The summed E-state index contributed by atoms with van der Waals surface area (Å²) in [4.78, 5) is 72.3. The number of cyclic esters (lactones) is 1. The van der Waals surface area contributed by atoms with E-state index in [2.05, 4.69) is 10.2 Å². The monoisotopic (exact) mass is 1120 g/mol. The molecule has 0 saturated carbocycles. The van der Waals surface area contributed by atoms with Crippen molar-refractivity contribution in [2.45, 2.75) is 204 Å². The van der Waals surface area contributed by atoms with Crippen molar-refractivity contribution < 1.29 is 72.0 Å². The second-order valence-electron chi connectivity index (χ2n) is 23.2. The lowest BCUT2D eigenvalue weighted by atomic mass is 9.73. The number of likely N-dealkylation sites (N-methyl/N-ethyl adjacent to an activating group) is 1. The zero-order valence-corrected chi connectivity index (χ0v) is 49.7. The number of thioether (sulfide) groups is 1. The van der Waals surface area contributed by atoms with E-state index in [1.807, 2.05) is 93.6 Å². The number of methoxy groups -OCH3 is 2. The number of aromatic nitrogens is 1. The van der Waals surface area contributed by atoms with E-state index in [1.165, 1.54) is 6.20 Å². The van der Waals surface area contributed by atoms with Crippen LogP contribution in [0.15, 0.2) is 34.1 Å². The van der Waals surface area contributed by atoms with Crippen LogP contribution in [-0.4, -0.2) is 193 Å². The molecule has 0 radical (unpaired) electrons. The maximum Gasteiger partial charge on any atom is 0.408 e. The minimum atomic E-state index is -1.39. The van der Waals surface area contributed by atoms with Gasteiger partial charge >= 0.3 is 18.0 Å². The van der Waals surface area contributed by atoms with Crippen molar-refractivity contribution in [1.82, 2.24) is 19.7 Å². The van der Waals surface area contributed by atoms with Gasteiger partial charge in [0.2, 0.25) is 5.43 Å². The molecule has 21 heteroatoms. The molecule has 4 aliphatic heterocycles. The molecule has 18 atom stereocenters. The molecule has 78 heavy (non-hydrogen) atoms. The van der Waals surface area contributed by atoms with E-state index in [0.29, 0.717) is 36.9 Å². The summed E-state index contributed by atoms with van der Waals surface area (Å²) in [7, 11) is 9.00. The number of hydrogen-bond donors (Lipinski definition) is 3. The lowest BCUT2D eigenvalue weighted by Crippen LogP contribution is -2.61. The lowest BCUT2D eigenvalue weighted by molar-refractivity contribution is -0.322. The second kappa shape index (κ2) is 26.4. The third-order valence-electron chi connectivity index (χ3n) is 17.2. The highest BCUT2D eigenvalue weighted by molar-refractivity contribution is 7.99. The summed E-state index contributed by atoms with van der Waals surface area (Å²) < 4.78 is 60.5. The Morgan fingerprint density at radius 2 is 1.59 bits per heavy atom. The molecule has 20 nitrogen and oxygen atoms in total. The molecule has 0 aliphatic carbocycles. The number of aromatic carboxylic acids is 1. The molecule has 1 aromatic heterocycles. The van der Waals surface area contributed by atoms with Gasteiger partial charge in [-0.1, -0.05) is 27.7 Å². The number of aliphatic hydroxyl groups is 1. The van der Waals surface area contributed by atoms with Gasteiger partial charge in [0.15, 0.2) is 18.2 Å². The molecule has 2 aromatic rings. The van der Waals surface area contributed by atoms with Crippen molar-refractivity contribution in [1.29, 1.82) is 0 Å². The highest BCUT2D eigenvalue weighted by atomic mass is 32.2. The fourth-order valence-corrected chi connectivity index (χ4v) is 13.5. The maximum atomic E-state index is 14.8.